The van der Waals surface area contributed by atoms with Gasteiger partial charge >= 0.3 is 0 Å². The molecule has 2 fully saturated rings. The summed E-state index contributed by atoms with van der Waals surface area (Å²) in [4.78, 5) is 2.72. The van der Waals surface area contributed by atoms with Crippen LogP contribution >= 0.6 is 0 Å². The van der Waals surface area contributed by atoms with E-state index in [1.165, 1.54) is 62.9 Å². The van der Waals surface area contributed by atoms with Crippen molar-refractivity contribution in [3.05, 3.63) is 29.3 Å². The maximum atomic E-state index is 3.73. The number of anilines is 1. The first kappa shape index (κ1) is 12.7. The molecule has 0 spiro atoms. The molecule has 1 N–H and O–H groups in total. The van der Waals surface area contributed by atoms with E-state index in [0.29, 0.717) is 0 Å². The van der Waals surface area contributed by atoms with Gasteiger partial charge in [-0.2, -0.15) is 0 Å². The minimum absolute atomic E-state index is 0.794. The van der Waals surface area contributed by atoms with Gasteiger partial charge in [0, 0.05) is 30.9 Å². The predicted molar refractivity (Wildman–Crippen MR) is 84.4 cm³/mol. The topological polar surface area (TPSA) is 15.3 Å². The quantitative estimate of drug-likeness (QED) is 0.903. The molecule has 0 aromatic heterocycles. The third kappa shape index (κ3) is 2.35. The van der Waals surface area contributed by atoms with Crippen molar-refractivity contribution in [3.8, 4) is 0 Å². The number of nitrogens with zero attached hydrogens (tertiary/aromatic N) is 1. The average molecular weight is 270 g/mol. The van der Waals surface area contributed by atoms with Crippen LogP contribution in [0.4, 0.5) is 5.69 Å². The lowest BCUT2D eigenvalue weighted by atomic mass is 9.77. The van der Waals surface area contributed by atoms with E-state index in [9.17, 15) is 0 Å². The molecule has 2 saturated carbocycles. The van der Waals surface area contributed by atoms with Crippen LogP contribution in [0.5, 0.6) is 0 Å². The molecule has 2 heteroatoms. The summed E-state index contributed by atoms with van der Waals surface area (Å²) in [6, 6.07) is 8.70. The molecule has 108 valence electrons. The van der Waals surface area contributed by atoms with Gasteiger partial charge in [0.1, 0.15) is 0 Å². The Morgan fingerprint density at radius 3 is 2.85 bits per heavy atom. The minimum Gasteiger partial charge on any atom is -0.368 e. The molecule has 1 heterocycles. The number of nitrogens with one attached hydrogen (secondary N) is 1. The van der Waals surface area contributed by atoms with Gasteiger partial charge in [-0.15, -0.1) is 0 Å². The van der Waals surface area contributed by atoms with E-state index in [2.05, 4.69) is 35.3 Å². The van der Waals surface area contributed by atoms with E-state index in [1.54, 1.807) is 5.56 Å². The summed E-state index contributed by atoms with van der Waals surface area (Å²) >= 11 is 0. The van der Waals surface area contributed by atoms with Gasteiger partial charge in [0.25, 0.3) is 0 Å². The Bertz CT molecular complexity index is 492. The molecule has 4 rings (SSSR count). The van der Waals surface area contributed by atoms with E-state index >= 15 is 0 Å². The van der Waals surface area contributed by atoms with Crippen LogP contribution in [0.1, 0.15) is 43.2 Å². The first-order valence-corrected chi connectivity index (χ1v) is 8.41. The second kappa shape index (κ2) is 5.07. The zero-order valence-electron chi connectivity index (χ0n) is 12.6. The molecule has 1 aliphatic heterocycles. The molecule has 0 amide bonds. The van der Waals surface area contributed by atoms with Crippen LogP contribution in [0, 0.1) is 12.8 Å². The van der Waals surface area contributed by atoms with E-state index in [4.69, 9.17) is 0 Å². The third-order valence-corrected chi connectivity index (χ3v) is 5.41. The van der Waals surface area contributed by atoms with Gasteiger partial charge in [-0.1, -0.05) is 17.7 Å². The van der Waals surface area contributed by atoms with Crippen LogP contribution in [0.25, 0.3) is 0 Å². The second-order valence-electron chi connectivity index (χ2n) is 7.02. The summed E-state index contributed by atoms with van der Waals surface area (Å²) in [6.07, 6.45) is 8.22. The Hall–Kier alpha value is -1.02. The van der Waals surface area contributed by atoms with Gasteiger partial charge in [-0.05, 0) is 63.0 Å². The number of benzene rings is 1. The van der Waals surface area contributed by atoms with E-state index < -0.39 is 0 Å². The summed E-state index contributed by atoms with van der Waals surface area (Å²) in [6.45, 7) is 4.72. The number of fused-ring (bicyclic) bond motifs is 1. The maximum Gasteiger partial charge on any atom is 0.0401 e. The first-order valence-electron chi connectivity index (χ1n) is 8.41. The smallest absolute Gasteiger partial charge is 0.0401 e. The molecule has 0 bridgehead atoms. The van der Waals surface area contributed by atoms with Crippen molar-refractivity contribution in [2.75, 3.05) is 18.0 Å². The molecule has 2 atom stereocenters. The second-order valence-corrected chi connectivity index (χ2v) is 7.02. The van der Waals surface area contributed by atoms with Crippen LogP contribution in [-0.4, -0.2) is 25.2 Å². The first-order chi connectivity index (χ1) is 9.81. The third-order valence-electron chi connectivity index (χ3n) is 5.41. The molecule has 2 aliphatic carbocycles. The lowest BCUT2D eigenvalue weighted by Crippen LogP contribution is -2.52. The zero-order chi connectivity index (χ0) is 13.5. The average Bonchev–Trinajstić information content (AvgIpc) is 3.22. The highest BCUT2D eigenvalue weighted by atomic mass is 15.2. The van der Waals surface area contributed by atoms with Crippen molar-refractivity contribution in [1.29, 1.82) is 0 Å². The Kier molecular flexibility index (Phi) is 3.22. The van der Waals surface area contributed by atoms with Gasteiger partial charge in [-0.25, -0.2) is 0 Å². The molecule has 20 heavy (non-hydrogen) atoms. The van der Waals surface area contributed by atoms with Gasteiger partial charge in [0.05, 0.1) is 0 Å². The van der Waals surface area contributed by atoms with Crippen molar-refractivity contribution in [3.63, 3.8) is 0 Å². The SMILES string of the molecule is Cc1ccc2c(c1)CCCN2C1CCC1CNC1CC1. The maximum absolute atomic E-state index is 3.73. The summed E-state index contributed by atoms with van der Waals surface area (Å²) in [7, 11) is 0. The van der Waals surface area contributed by atoms with Crippen molar-refractivity contribution in [2.45, 2.75) is 57.5 Å². The predicted octanol–water partition coefficient (Wildman–Crippen LogP) is 3.28. The fraction of sp³-hybridized carbons (Fsp3) is 0.667. The van der Waals surface area contributed by atoms with Crippen molar-refractivity contribution in [1.82, 2.24) is 5.32 Å². The lowest BCUT2D eigenvalue weighted by Gasteiger charge is -2.48. The summed E-state index contributed by atoms with van der Waals surface area (Å²) < 4.78 is 0. The number of hydrogen-bond acceptors (Lipinski definition) is 2. The van der Waals surface area contributed by atoms with Crippen LogP contribution in [0.2, 0.25) is 0 Å². The Labute approximate surface area is 122 Å². The van der Waals surface area contributed by atoms with Crippen LogP contribution in [0.3, 0.4) is 0 Å². The number of rotatable bonds is 4. The largest absolute Gasteiger partial charge is 0.368 e. The minimum atomic E-state index is 0.794. The van der Waals surface area contributed by atoms with Crippen LogP contribution < -0.4 is 10.2 Å². The summed E-state index contributed by atoms with van der Waals surface area (Å²) in [5, 5.41) is 3.73. The van der Waals surface area contributed by atoms with Gasteiger partial charge in [0.15, 0.2) is 0 Å². The zero-order valence-corrected chi connectivity index (χ0v) is 12.6. The Balaban J connectivity index is 1.48. The molecule has 1 aromatic carbocycles. The fourth-order valence-electron chi connectivity index (χ4n) is 3.90. The highest BCUT2D eigenvalue weighted by Gasteiger charge is 2.37. The van der Waals surface area contributed by atoms with Crippen LogP contribution in [0.15, 0.2) is 18.2 Å². The van der Waals surface area contributed by atoms with Crippen LogP contribution in [-0.2, 0) is 6.42 Å². The van der Waals surface area contributed by atoms with Gasteiger partial charge in [0.2, 0.25) is 0 Å². The van der Waals surface area contributed by atoms with Gasteiger partial charge in [-0.3, -0.25) is 0 Å². The van der Waals surface area contributed by atoms with Crippen molar-refractivity contribution in [2.24, 2.45) is 5.92 Å². The molecule has 1 aromatic rings. The molecule has 2 unspecified atom stereocenters. The summed E-state index contributed by atoms with van der Waals surface area (Å²) in [5.41, 5.74) is 4.52. The molecular formula is C18H26N2. The normalized spacial score (nSPS) is 28.9. The molecule has 3 aliphatic rings. The standard InChI is InChI=1S/C18H26N2/c1-13-4-8-17-14(11-13)3-2-10-20(17)18-9-5-15(18)12-19-16-6-7-16/h4,8,11,15-16,18-19H,2-3,5-7,9-10,12H2,1H3. The molecule has 0 saturated heterocycles. The molecule has 2 nitrogen and oxygen atoms in total. The number of hydrogen-bond donors (Lipinski definition) is 1. The highest BCUT2D eigenvalue weighted by molar-refractivity contribution is 5.58. The Morgan fingerprint density at radius 1 is 1.20 bits per heavy atom. The summed E-state index contributed by atoms with van der Waals surface area (Å²) in [5.74, 6) is 0.878. The fourth-order valence-corrected chi connectivity index (χ4v) is 3.90. The van der Waals surface area contributed by atoms with E-state index in [1.807, 2.05) is 0 Å². The van der Waals surface area contributed by atoms with E-state index in [0.717, 1.165) is 18.0 Å². The lowest BCUT2D eigenvalue weighted by molar-refractivity contribution is 0.230. The molecular weight excluding hydrogens is 244 g/mol. The molecule has 0 radical (unpaired) electrons. The van der Waals surface area contributed by atoms with Crippen molar-refractivity contribution < 1.29 is 0 Å². The monoisotopic (exact) mass is 270 g/mol. The van der Waals surface area contributed by atoms with E-state index in [-0.39, 0.29) is 0 Å². The Morgan fingerprint density at radius 2 is 2.10 bits per heavy atom. The van der Waals surface area contributed by atoms with Gasteiger partial charge < -0.3 is 10.2 Å². The number of aryl methyl sites for hydroxylation is 2. The highest BCUT2D eigenvalue weighted by Crippen LogP contribution is 2.39. The van der Waals surface area contributed by atoms with Crippen molar-refractivity contribution >= 4 is 5.69 Å².